The lowest BCUT2D eigenvalue weighted by molar-refractivity contribution is 0.0730. The molecule has 4 rings (SSSR count). The summed E-state index contributed by atoms with van der Waals surface area (Å²) >= 11 is 0. The molecule has 1 aliphatic heterocycles. The molecule has 0 atom stereocenters. The quantitative estimate of drug-likeness (QED) is 0.690. The van der Waals surface area contributed by atoms with Crippen molar-refractivity contribution in [3.8, 4) is 5.88 Å². The number of carbonyl (C=O) groups excluding carboxylic acids is 1. The summed E-state index contributed by atoms with van der Waals surface area (Å²) in [7, 11) is 1.93. The van der Waals surface area contributed by atoms with Gasteiger partial charge in [0.05, 0.1) is 5.69 Å². The van der Waals surface area contributed by atoms with E-state index in [4.69, 9.17) is 9.26 Å². The highest BCUT2D eigenvalue weighted by Crippen LogP contribution is 2.26. The lowest BCUT2D eigenvalue weighted by atomic mass is 10.0. The van der Waals surface area contributed by atoms with E-state index in [2.05, 4.69) is 15.2 Å². The lowest BCUT2D eigenvalue weighted by Crippen LogP contribution is -2.37. The maximum absolute atomic E-state index is 13.0. The van der Waals surface area contributed by atoms with Crippen LogP contribution in [-0.2, 0) is 26.6 Å². The third-order valence-corrected chi connectivity index (χ3v) is 5.11. The average Bonchev–Trinajstić information content (AvgIpc) is 3.18. The van der Waals surface area contributed by atoms with E-state index in [9.17, 15) is 4.79 Å². The minimum atomic E-state index is -0.0574. The highest BCUT2D eigenvalue weighted by molar-refractivity contribution is 5.96. The van der Waals surface area contributed by atoms with E-state index in [1.807, 2.05) is 35.7 Å². The predicted molar refractivity (Wildman–Crippen MR) is 101 cm³/mol. The van der Waals surface area contributed by atoms with Crippen LogP contribution < -0.4 is 4.74 Å². The molecule has 0 aliphatic carbocycles. The average molecular weight is 381 g/mol. The van der Waals surface area contributed by atoms with Gasteiger partial charge in [0.2, 0.25) is 5.88 Å². The molecule has 3 aromatic rings. The monoisotopic (exact) mass is 381 g/mol. The minimum Gasteiger partial charge on any atom is -0.471 e. The van der Waals surface area contributed by atoms with Crippen LogP contribution in [0.25, 0.3) is 0 Å². The Morgan fingerprint density at radius 1 is 1.32 bits per heavy atom. The fraction of sp³-hybridized carbons (Fsp3) is 0.400. The molecule has 0 N–H and O–H groups in total. The van der Waals surface area contributed by atoms with Gasteiger partial charge in [0.1, 0.15) is 23.6 Å². The fourth-order valence-electron chi connectivity index (χ4n) is 3.64. The number of hydrogen-bond donors (Lipinski definition) is 0. The smallest absolute Gasteiger partial charge is 0.259 e. The number of amides is 1. The first-order chi connectivity index (χ1) is 13.4. The van der Waals surface area contributed by atoms with Crippen molar-refractivity contribution in [2.45, 2.75) is 40.3 Å². The summed E-state index contributed by atoms with van der Waals surface area (Å²) in [4.78, 5) is 19.1. The summed E-state index contributed by atoms with van der Waals surface area (Å²) in [6, 6.07) is 3.82. The molecule has 146 valence electrons. The second-order valence-corrected chi connectivity index (χ2v) is 7.13. The molecule has 8 nitrogen and oxygen atoms in total. The number of aryl methyl sites for hydroxylation is 4. The number of pyridine rings is 1. The van der Waals surface area contributed by atoms with Crippen molar-refractivity contribution in [3.63, 3.8) is 0 Å². The van der Waals surface area contributed by atoms with Crippen molar-refractivity contribution >= 4 is 5.91 Å². The van der Waals surface area contributed by atoms with Crippen molar-refractivity contribution in [2.75, 3.05) is 6.54 Å². The Bertz CT molecular complexity index is 1020. The van der Waals surface area contributed by atoms with Gasteiger partial charge in [0.25, 0.3) is 5.91 Å². The summed E-state index contributed by atoms with van der Waals surface area (Å²) in [5, 5.41) is 8.52. The van der Waals surface area contributed by atoms with Gasteiger partial charge in [-0.15, -0.1) is 0 Å². The molecule has 0 bridgehead atoms. The van der Waals surface area contributed by atoms with Gasteiger partial charge in [-0.25, -0.2) is 4.98 Å². The molecule has 0 unspecified atom stereocenters. The Morgan fingerprint density at radius 3 is 2.86 bits per heavy atom. The van der Waals surface area contributed by atoms with Crippen LogP contribution in [0, 0.1) is 20.8 Å². The van der Waals surface area contributed by atoms with Gasteiger partial charge in [-0.1, -0.05) is 5.16 Å². The van der Waals surface area contributed by atoms with Crippen molar-refractivity contribution < 1.29 is 14.1 Å². The van der Waals surface area contributed by atoms with Gasteiger partial charge in [0.15, 0.2) is 0 Å². The van der Waals surface area contributed by atoms with Crippen LogP contribution in [0.15, 0.2) is 22.9 Å². The Labute approximate surface area is 163 Å². The van der Waals surface area contributed by atoms with Crippen LogP contribution in [0.5, 0.6) is 5.88 Å². The van der Waals surface area contributed by atoms with Crippen LogP contribution in [0.3, 0.4) is 0 Å². The van der Waals surface area contributed by atoms with Crippen molar-refractivity contribution in [2.24, 2.45) is 7.05 Å². The Kier molecular flexibility index (Phi) is 4.62. The number of ether oxygens (including phenoxy) is 1. The van der Waals surface area contributed by atoms with Gasteiger partial charge in [-0.3, -0.25) is 9.48 Å². The van der Waals surface area contributed by atoms with E-state index in [0.29, 0.717) is 42.6 Å². The molecular weight excluding hydrogens is 358 g/mol. The summed E-state index contributed by atoms with van der Waals surface area (Å²) < 4.78 is 12.9. The number of rotatable bonds is 4. The van der Waals surface area contributed by atoms with E-state index in [0.717, 1.165) is 28.9 Å². The van der Waals surface area contributed by atoms with Gasteiger partial charge >= 0.3 is 0 Å². The number of carbonyl (C=O) groups is 1. The van der Waals surface area contributed by atoms with E-state index in [1.165, 1.54) is 0 Å². The molecule has 0 saturated heterocycles. The van der Waals surface area contributed by atoms with Gasteiger partial charge in [-0.05, 0) is 32.4 Å². The zero-order valence-electron chi connectivity index (χ0n) is 16.5. The predicted octanol–water partition coefficient (Wildman–Crippen LogP) is 2.51. The molecule has 1 amide bonds. The molecular formula is C20H23N5O3. The van der Waals surface area contributed by atoms with Crippen LogP contribution in [0.1, 0.15) is 44.3 Å². The summed E-state index contributed by atoms with van der Waals surface area (Å²) in [6.07, 6.45) is 2.47. The maximum atomic E-state index is 13.0. The van der Waals surface area contributed by atoms with Crippen LogP contribution in [0.2, 0.25) is 0 Å². The molecule has 3 aromatic heterocycles. The summed E-state index contributed by atoms with van der Waals surface area (Å²) in [5.41, 5.74) is 5.27. The minimum absolute atomic E-state index is 0.0574. The van der Waals surface area contributed by atoms with Crippen LogP contribution in [-0.4, -0.2) is 37.3 Å². The zero-order valence-corrected chi connectivity index (χ0v) is 16.5. The second kappa shape index (κ2) is 7.10. The lowest BCUT2D eigenvalue weighted by Gasteiger charge is -2.27. The van der Waals surface area contributed by atoms with Crippen molar-refractivity contribution in [1.82, 2.24) is 24.8 Å². The SMILES string of the molecule is Cc1ccnc(OCc2nn(C)c3c2CN(C(=O)c2c(C)noc2C)CC3)c1. The van der Waals surface area contributed by atoms with E-state index in [-0.39, 0.29) is 5.91 Å². The largest absolute Gasteiger partial charge is 0.471 e. The first-order valence-corrected chi connectivity index (χ1v) is 9.25. The second-order valence-electron chi connectivity index (χ2n) is 7.13. The zero-order chi connectivity index (χ0) is 19.8. The van der Waals surface area contributed by atoms with Gasteiger partial charge < -0.3 is 14.2 Å². The number of hydrogen-bond acceptors (Lipinski definition) is 6. The Balaban J connectivity index is 1.55. The molecule has 0 fully saturated rings. The highest BCUT2D eigenvalue weighted by Gasteiger charge is 2.30. The summed E-state index contributed by atoms with van der Waals surface area (Å²) in [5.74, 6) is 1.06. The van der Waals surface area contributed by atoms with E-state index >= 15 is 0 Å². The standard InChI is InChI=1S/C20H23N5O3/c1-12-5-7-21-18(9-12)27-11-16-15-10-25(8-6-17(15)24(4)22-16)20(26)19-13(2)23-28-14(19)3/h5,7,9H,6,8,10-11H2,1-4H3. The Hall–Kier alpha value is -3.16. The number of nitrogens with zero attached hydrogens (tertiary/aromatic N) is 5. The number of fused-ring (bicyclic) bond motifs is 1. The van der Waals surface area contributed by atoms with Crippen molar-refractivity contribution in [1.29, 1.82) is 0 Å². The third kappa shape index (κ3) is 3.26. The Morgan fingerprint density at radius 2 is 2.14 bits per heavy atom. The molecule has 1 aliphatic rings. The van der Waals surface area contributed by atoms with Gasteiger partial charge in [-0.2, -0.15) is 5.10 Å². The van der Waals surface area contributed by atoms with Crippen LogP contribution in [0.4, 0.5) is 0 Å². The topological polar surface area (TPSA) is 86.3 Å². The molecule has 28 heavy (non-hydrogen) atoms. The molecule has 0 saturated carbocycles. The molecule has 0 radical (unpaired) electrons. The summed E-state index contributed by atoms with van der Waals surface area (Å²) in [6.45, 7) is 6.99. The highest BCUT2D eigenvalue weighted by atomic mass is 16.5. The fourth-order valence-corrected chi connectivity index (χ4v) is 3.64. The van der Waals surface area contributed by atoms with E-state index < -0.39 is 0 Å². The first-order valence-electron chi connectivity index (χ1n) is 9.25. The third-order valence-electron chi connectivity index (χ3n) is 5.11. The molecule has 0 spiro atoms. The normalized spacial score (nSPS) is 13.5. The molecule has 0 aromatic carbocycles. The van der Waals surface area contributed by atoms with Gasteiger partial charge in [0, 0.05) is 50.1 Å². The van der Waals surface area contributed by atoms with E-state index in [1.54, 1.807) is 20.0 Å². The maximum Gasteiger partial charge on any atom is 0.259 e. The molecule has 8 heteroatoms. The number of aromatic nitrogens is 4. The first kappa shape index (κ1) is 18.2. The van der Waals surface area contributed by atoms with Crippen LogP contribution >= 0.6 is 0 Å². The van der Waals surface area contributed by atoms with Crippen molar-refractivity contribution in [3.05, 3.63) is 57.9 Å². The molecule has 4 heterocycles.